The molecule has 0 aliphatic rings. The number of fused-ring (bicyclic) bond motifs is 3. The molecule has 2 heterocycles. The third-order valence-electron chi connectivity index (χ3n) is 2.93. The minimum absolute atomic E-state index is 0.210. The smallest absolute Gasteiger partial charge is 0.339 e. The van der Waals surface area contributed by atoms with Gasteiger partial charge in [-0.3, -0.25) is 4.55 Å². The van der Waals surface area contributed by atoms with E-state index in [0.29, 0.717) is 11.2 Å². The highest BCUT2D eigenvalue weighted by Gasteiger charge is 2.11. The number of H-pyrrole nitrogens is 1. The van der Waals surface area contributed by atoms with Crippen molar-refractivity contribution < 1.29 is 17.3 Å². The summed E-state index contributed by atoms with van der Waals surface area (Å²) in [6.07, 6.45) is 0. The van der Waals surface area contributed by atoms with E-state index in [1.807, 2.05) is 30.3 Å². The second kappa shape index (κ2) is 4.44. The summed E-state index contributed by atoms with van der Waals surface area (Å²) in [7, 11) is -4.58. The molecule has 3 rings (SSSR count). The Morgan fingerprint density at radius 1 is 1.30 bits per heavy atom. The van der Waals surface area contributed by atoms with Crippen LogP contribution >= 0.6 is 0 Å². The third kappa shape index (κ3) is 2.31. The SMILES string of the molecule is Cc1cc2c(nc1NOS(=O)(=O)O)[nH]c1ccccc12. The predicted molar refractivity (Wildman–Crippen MR) is 74.6 cm³/mol. The van der Waals surface area contributed by atoms with E-state index >= 15 is 0 Å². The van der Waals surface area contributed by atoms with Crippen molar-refractivity contribution in [1.82, 2.24) is 9.97 Å². The third-order valence-corrected chi connectivity index (χ3v) is 3.22. The summed E-state index contributed by atoms with van der Waals surface area (Å²) in [5, 5.41) is 1.95. The molecule has 0 aliphatic heterocycles. The quantitative estimate of drug-likeness (QED) is 0.505. The maximum atomic E-state index is 10.6. The van der Waals surface area contributed by atoms with Crippen molar-refractivity contribution in [1.29, 1.82) is 0 Å². The van der Waals surface area contributed by atoms with Gasteiger partial charge in [0.2, 0.25) is 0 Å². The van der Waals surface area contributed by atoms with Crippen LogP contribution < -0.4 is 5.48 Å². The number of rotatable bonds is 3. The van der Waals surface area contributed by atoms with Crippen LogP contribution in [0.3, 0.4) is 0 Å². The molecule has 0 saturated carbocycles. The van der Waals surface area contributed by atoms with E-state index in [1.54, 1.807) is 6.92 Å². The van der Waals surface area contributed by atoms with Crippen LogP contribution in [0.5, 0.6) is 0 Å². The Morgan fingerprint density at radius 2 is 2.05 bits per heavy atom. The molecule has 20 heavy (non-hydrogen) atoms. The molecule has 2 aromatic heterocycles. The van der Waals surface area contributed by atoms with Gasteiger partial charge in [-0.1, -0.05) is 18.2 Å². The monoisotopic (exact) mass is 293 g/mol. The Morgan fingerprint density at radius 3 is 2.80 bits per heavy atom. The first-order valence-electron chi connectivity index (χ1n) is 5.74. The molecule has 0 spiro atoms. The first kappa shape index (κ1) is 12.9. The predicted octanol–water partition coefficient (Wildman–Crippen LogP) is 2.17. The Balaban J connectivity index is 2.11. The van der Waals surface area contributed by atoms with Gasteiger partial charge in [-0.05, 0) is 24.6 Å². The molecule has 0 atom stereocenters. The Labute approximate surface area is 114 Å². The lowest BCUT2D eigenvalue weighted by Crippen LogP contribution is -2.11. The van der Waals surface area contributed by atoms with Gasteiger partial charge < -0.3 is 4.98 Å². The van der Waals surface area contributed by atoms with Gasteiger partial charge in [0.05, 0.1) is 0 Å². The number of nitrogens with one attached hydrogen (secondary N) is 2. The number of benzene rings is 1. The summed E-state index contributed by atoms with van der Waals surface area (Å²) in [5.74, 6) is 0.210. The molecule has 0 amide bonds. The van der Waals surface area contributed by atoms with Gasteiger partial charge >= 0.3 is 10.4 Å². The highest BCUT2D eigenvalue weighted by atomic mass is 32.3. The van der Waals surface area contributed by atoms with E-state index in [-0.39, 0.29) is 5.82 Å². The van der Waals surface area contributed by atoms with Crippen LogP contribution in [0.2, 0.25) is 0 Å². The van der Waals surface area contributed by atoms with Crippen molar-refractivity contribution in [2.45, 2.75) is 6.92 Å². The van der Waals surface area contributed by atoms with Crippen LogP contribution in [-0.4, -0.2) is 22.9 Å². The number of nitrogens with zero attached hydrogens (tertiary/aromatic N) is 1. The van der Waals surface area contributed by atoms with Crippen LogP contribution in [0.4, 0.5) is 5.82 Å². The highest BCUT2D eigenvalue weighted by molar-refractivity contribution is 7.80. The number of hydrogen-bond acceptors (Lipinski definition) is 5. The largest absolute Gasteiger partial charge is 0.418 e. The molecule has 3 N–H and O–H groups in total. The van der Waals surface area contributed by atoms with Gasteiger partial charge in [0.15, 0.2) is 5.82 Å². The van der Waals surface area contributed by atoms with Crippen molar-refractivity contribution in [3.8, 4) is 0 Å². The summed E-state index contributed by atoms with van der Waals surface area (Å²) in [6, 6.07) is 9.59. The Hall–Kier alpha value is -2.16. The molecule has 8 heteroatoms. The topological polar surface area (TPSA) is 104 Å². The van der Waals surface area contributed by atoms with E-state index in [1.165, 1.54) is 0 Å². The van der Waals surface area contributed by atoms with Crippen molar-refractivity contribution in [3.05, 3.63) is 35.9 Å². The van der Waals surface area contributed by atoms with Gasteiger partial charge in [0.25, 0.3) is 0 Å². The number of aromatic nitrogens is 2. The summed E-state index contributed by atoms with van der Waals surface area (Å²) < 4.78 is 33.8. The van der Waals surface area contributed by atoms with Gasteiger partial charge in [0.1, 0.15) is 5.65 Å². The molecule has 3 aromatic rings. The van der Waals surface area contributed by atoms with Gasteiger partial charge in [-0.25, -0.2) is 10.5 Å². The standard InChI is InChI=1S/C12H11N3O4S/c1-7-6-9-8-4-2-3-5-10(8)13-12(9)14-11(7)15-19-20(16,17)18/h2-6H,1H3,(H2,13,14,15)(H,16,17,18). The van der Waals surface area contributed by atoms with E-state index in [0.717, 1.165) is 16.3 Å². The number of para-hydroxylation sites is 1. The van der Waals surface area contributed by atoms with E-state index < -0.39 is 10.4 Å². The number of pyridine rings is 1. The van der Waals surface area contributed by atoms with E-state index in [4.69, 9.17) is 4.55 Å². The van der Waals surface area contributed by atoms with Crippen LogP contribution in [-0.2, 0) is 14.7 Å². The Bertz CT molecular complexity index is 902. The Kier molecular flexibility index (Phi) is 2.85. The molecule has 7 nitrogen and oxygen atoms in total. The normalized spacial score (nSPS) is 12.1. The fourth-order valence-corrected chi connectivity index (χ4v) is 2.25. The molecule has 0 saturated heterocycles. The van der Waals surface area contributed by atoms with Crippen LogP contribution in [0, 0.1) is 6.92 Å². The molecular weight excluding hydrogens is 282 g/mol. The number of aryl methyl sites for hydroxylation is 1. The highest BCUT2D eigenvalue weighted by Crippen LogP contribution is 2.27. The zero-order chi connectivity index (χ0) is 14.3. The van der Waals surface area contributed by atoms with Gasteiger partial charge in [0, 0.05) is 16.3 Å². The van der Waals surface area contributed by atoms with Crippen LogP contribution in [0.25, 0.3) is 21.9 Å². The second-order valence-corrected chi connectivity index (χ2v) is 5.36. The molecule has 0 unspecified atom stereocenters. The van der Waals surface area contributed by atoms with Crippen molar-refractivity contribution in [2.24, 2.45) is 0 Å². The fourth-order valence-electron chi connectivity index (χ4n) is 2.06. The molecule has 1 aromatic carbocycles. The molecule has 0 radical (unpaired) electrons. The fraction of sp³-hybridized carbons (Fsp3) is 0.0833. The maximum Gasteiger partial charge on any atom is 0.418 e. The van der Waals surface area contributed by atoms with E-state index in [9.17, 15) is 8.42 Å². The summed E-state index contributed by atoms with van der Waals surface area (Å²) in [6.45, 7) is 1.75. The second-order valence-electron chi connectivity index (χ2n) is 4.33. The molecule has 0 aliphatic carbocycles. The van der Waals surface area contributed by atoms with Gasteiger partial charge in [-0.15, -0.1) is 4.28 Å². The molecule has 104 valence electrons. The average Bonchev–Trinajstić information content (AvgIpc) is 2.73. The lowest BCUT2D eigenvalue weighted by Gasteiger charge is -2.06. The summed E-state index contributed by atoms with van der Waals surface area (Å²) >= 11 is 0. The van der Waals surface area contributed by atoms with Crippen molar-refractivity contribution >= 4 is 38.2 Å². The number of hydrogen-bond donors (Lipinski definition) is 3. The van der Waals surface area contributed by atoms with Crippen LogP contribution in [0.1, 0.15) is 5.56 Å². The summed E-state index contributed by atoms with van der Waals surface area (Å²) in [5.41, 5.74) is 4.33. The maximum absolute atomic E-state index is 10.6. The minimum atomic E-state index is -4.58. The van der Waals surface area contributed by atoms with Crippen molar-refractivity contribution in [2.75, 3.05) is 5.48 Å². The average molecular weight is 293 g/mol. The molecule has 0 fully saturated rings. The number of anilines is 1. The van der Waals surface area contributed by atoms with E-state index in [2.05, 4.69) is 19.7 Å². The summed E-state index contributed by atoms with van der Waals surface area (Å²) in [4.78, 5) is 7.37. The van der Waals surface area contributed by atoms with Crippen molar-refractivity contribution in [3.63, 3.8) is 0 Å². The molecular formula is C12H11N3O4S. The first-order valence-corrected chi connectivity index (χ1v) is 7.10. The first-order chi connectivity index (χ1) is 9.44. The lowest BCUT2D eigenvalue weighted by atomic mass is 10.1. The number of aromatic amines is 1. The zero-order valence-corrected chi connectivity index (χ0v) is 11.2. The minimum Gasteiger partial charge on any atom is -0.339 e. The lowest BCUT2D eigenvalue weighted by molar-refractivity contribution is 0.319. The zero-order valence-electron chi connectivity index (χ0n) is 10.4. The molecule has 0 bridgehead atoms. The van der Waals surface area contributed by atoms with Gasteiger partial charge in [-0.2, -0.15) is 8.42 Å². The van der Waals surface area contributed by atoms with Crippen LogP contribution in [0.15, 0.2) is 30.3 Å².